The lowest BCUT2D eigenvalue weighted by Crippen LogP contribution is -2.44. The first kappa shape index (κ1) is 15.9. The molecular weight excluding hydrogens is 324 g/mol. The van der Waals surface area contributed by atoms with E-state index in [1.165, 1.54) is 9.87 Å². The molecule has 1 aromatic rings. The van der Waals surface area contributed by atoms with Gasteiger partial charge in [-0.1, -0.05) is 24.3 Å². The molecule has 22 heavy (non-hydrogen) atoms. The largest absolute Gasteiger partial charge is 0.279 e. The first-order valence-electron chi connectivity index (χ1n) is 7.38. The van der Waals surface area contributed by atoms with Crippen molar-refractivity contribution >= 4 is 20.0 Å². The number of nitrogens with zero attached hydrogens (tertiary/aromatic N) is 1. The van der Waals surface area contributed by atoms with Gasteiger partial charge < -0.3 is 0 Å². The molecule has 1 aromatic carbocycles. The van der Waals surface area contributed by atoms with Crippen LogP contribution in [0.2, 0.25) is 0 Å². The Labute approximate surface area is 131 Å². The lowest BCUT2D eigenvalue weighted by atomic mass is 10.0. The maximum atomic E-state index is 12.4. The summed E-state index contributed by atoms with van der Waals surface area (Å²) in [5, 5.41) is 0. The number of benzene rings is 1. The Hall–Kier alpha value is -0.960. The Balaban J connectivity index is 1.62. The van der Waals surface area contributed by atoms with Gasteiger partial charge in [-0.15, -0.1) is 0 Å². The maximum Gasteiger partial charge on any atom is 0.279 e. The Bertz CT molecular complexity index is 759. The molecule has 1 saturated heterocycles. The van der Waals surface area contributed by atoms with Crippen LogP contribution in [-0.2, 0) is 33.0 Å². The van der Waals surface area contributed by atoms with E-state index in [0.29, 0.717) is 25.9 Å². The van der Waals surface area contributed by atoms with Crippen LogP contribution >= 0.6 is 0 Å². The summed E-state index contributed by atoms with van der Waals surface area (Å²) in [5.41, 5.74) is 2.22. The third-order valence-electron chi connectivity index (χ3n) is 4.32. The van der Waals surface area contributed by atoms with E-state index in [2.05, 4.69) is 4.72 Å². The standard InChI is InChI=1S/C14H20N2O4S2/c17-21(18)8-6-12(11-21)9-15-22(19,20)16-7-5-13-3-1-2-4-14(13)10-16/h1-4,12,15H,5-11H2/t12-/m0/s1. The average molecular weight is 344 g/mol. The van der Waals surface area contributed by atoms with Crippen molar-refractivity contribution in [3.05, 3.63) is 35.4 Å². The molecule has 1 fully saturated rings. The van der Waals surface area contributed by atoms with Gasteiger partial charge in [0.25, 0.3) is 10.2 Å². The van der Waals surface area contributed by atoms with Crippen LogP contribution in [0.3, 0.4) is 0 Å². The van der Waals surface area contributed by atoms with Crippen LogP contribution in [0.25, 0.3) is 0 Å². The molecule has 8 heteroatoms. The lowest BCUT2D eigenvalue weighted by Gasteiger charge is -2.28. The van der Waals surface area contributed by atoms with Crippen molar-refractivity contribution in [3.8, 4) is 0 Å². The van der Waals surface area contributed by atoms with E-state index in [1.807, 2.05) is 24.3 Å². The minimum Gasteiger partial charge on any atom is -0.229 e. The van der Waals surface area contributed by atoms with Crippen LogP contribution < -0.4 is 4.72 Å². The molecular formula is C14H20N2O4S2. The molecule has 0 spiro atoms. The highest BCUT2D eigenvalue weighted by Gasteiger charge is 2.31. The van der Waals surface area contributed by atoms with Gasteiger partial charge in [0.05, 0.1) is 11.5 Å². The Morgan fingerprint density at radius 1 is 1.23 bits per heavy atom. The van der Waals surface area contributed by atoms with E-state index < -0.39 is 20.0 Å². The molecule has 3 rings (SSSR count). The van der Waals surface area contributed by atoms with Gasteiger partial charge in [0.2, 0.25) is 0 Å². The molecule has 122 valence electrons. The quantitative estimate of drug-likeness (QED) is 0.852. The molecule has 6 nitrogen and oxygen atoms in total. The Kier molecular flexibility index (Phi) is 4.28. The predicted molar refractivity (Wildman–Crippen MR) is 84.2 cm³/mol. The second-order valence-corrected chi connectivity index (χ2v) is 9.96. The monoisotopic (exact) mass is 344 g/mol. The van der Waals surface area contributed by atoms with E-state index in [4.69, 9.17) is 0 Å². The van der Waals surface area contributed by atoms with Crippen molar-refractivity contribution in [1.29, 1.82) is 0 Å². The molecule has 2 aliphatic rings. The Morgan fingerprint density at radius 3 is 2.64 bits per heavy atom. The number of nitrogens with one attached hydrogen (secondary N) is 1. The fourth-order valence-corrected chi connectivity index (χ4v) is 6.15. The summed E-state index contributed by atoms with van der Waals surface area (Å²) < 4.78 is 51.6. The summed E-state index contributed by atoms with van der Waals surface area (Å²) in [7, 11) is -6.54. The SMILES string of the molecule is O=S1(=O)CC[C@@H](CNS(=O)(=O)N2CCc3ccccc3C2)C1. The highest BCUT2D eigenvalue weighted by atomic mass is 32.2. The molecule has 0 aromatic heterocycles. The second-order valence-electron chi connectivity index (χ2n) is 5.97. The summed E-state index contributed by atoms with van der Waals surface area (Å²) in [6.07, 6.45) is 1.24. The summed E-state index contributed by atoms with van der Waals surface area (Å²) in [5.74, 6) is 0.131. The zero-order valence-corrected chi connectivity index (χ0v) is 13.9. The minimum absolute atomic E-state index is 0.0817. The maximum absolute atomic E-state index is 12.4. The molecule has 2 heterocycles. The topological polar surface area (TPSA) is 83.5 Å². The van der Waals surface area contributed by atoms with Crippen LogP contribution in [0, 0.1) is 5.92 Å². The number of rotatable bonds is 4. The number of hydrogen-bond acceptors (Lipinski definition) is 4. The van der Waals surface area contributed by atoms with Crippen LogP contribution in [0.1, 0.15) is 17.5 Å². The zero-order chi connectivity index (χ0) is 15.8. The van der Waals surface area contributed by atoms with Crippen LogP contribution in [0.15, 0.2) is 24.3 Å². The molecule has 2 aliphatic heterocycles. The summed E-state index contributed by atoms with van der Waals surface area (Å²) in [6.45, 7) is 1.02. The fourth-order valence-electron chi connectivity index (χ4n) is 3.02. The lowest BCUT2D eigenvalue weighted by molar-refractivity contribution is 0.381. The van der Waals surface area contributed by atoms with Crippen LogP contribution in [-0.4, -0.2) is 45.7 Å². The average Bonchev–Trinajstić information content (AvgIpc) is 2.84. The molecule has 0 amide bonds. The molecule has 1 atom stereocenters. The van der Waals surface area contributed by atoms with E-state index in [0.717, 1.165) is 5.56 Å². The van der Waals surface area contributed by atoms with Gasteiger partial charge in [-0.2, -0.15) is 12.7 Å². The van der Waals surface area contributed by atoms with Gasteiger partial charge in [0.1, 0.15) is 0 Å². The predicted octanol–water partition coefficient (Wildman–Crippen LogP) is 0.314. The fraction of sp³-hybridized carbons (Fsp3) is 0.571. The Morgan fingerprint density at radius 2 is 1.95 bits per heavy atom. The van der Waals surface area contributed by atoms with E-state index in [9.17, 15) is 16.8 Å². The van der Waals surface area contributed by atoms with Crippen molar-refractivity contribution in [1.82, 2.24) is 9.03 Å². The first-order valence-corrected chi connectivity index (χ1v) is 10.6. The van der Waals surface area contributed by atoms with Gasteiger partial charge in [0, 0.05) is 19.6 Å². The van der Waals surface area contributed by atoms with Gasteiger partial charge in [-0.3, -0.25) is 0 Å². The number of sulfone groups is 1. The van der Waals surface area contributed by atoms with Gasteiger partial charge in [-0.25, -0.2) is 13.1 Å². The molecule has 1 N–H and O–H groups in total. The van der Waals surface area contributed by atoms with Gasteiger partial charge >= 0.3 is 0 Å². The van der Waals surface area contributed by atoms with Crippen molar-refractivity contribution in [2.75, 3.05) is 24.6 Å². The normalized spacial score (nSPS) is 25.0. The molecule has 0 radical (unpaired) electrons. The third kappa shape index (κ3) is 3.51. The highest BCUT2D eigenvalue weighted by molar-refractivity contribution is 7.91. The van der Waals surface area contributed by atoms with E-state index in [-0.39, 0.29) is 24.0 Å². The summed E-state index contributed by atoms with van der Waals surface area (Å²) in [6, 6.07) is 7.84. The van der Waals surface area contributed by atoms with Crippen molar-refractivity contribution in [2.24, 2.45) is 5.92 Å². The smallest absolute Gasteiger partial charge is 0.229 e. The van der Waals surface area contributed by atoms with Crippen molar-refractivity contribution < 1.29 is 16.8 Å². The zero-order valence-electron chi connectivity index (χ0n) is 12.2. The van der Waals surface area contributed by atoms with Crippen molar-refractivity contribution in [3.63, 3.8) is 0 Å². The van der Waals surface area contributed by atoms with Gasteiger partial charge in [0.15, 0.2) is 9.84 Å². The van der Waals surface area contributed by atoms with Crippen LogP contribution in [0.5, 0.6) is 0 Å². The molecule has 0 aliphatic carbocycles. The molecule has 0 saturated carbocycles. The molecule has 0 unspecified atom stereocenters. The second kappa shape index (κ2) is 5.92. The number of fused-ring (bicyclic) bond motifs is 1. The van der Waals surface area contributed by atoms with E-state index >= 15 is 0 Å². The highest BCUT2D eigenvalue weighted by Crippen LogP contribution is 2.21. The number of hydrogen-bond donors (Lipinski definition) is 1. The first-order chi connectivity index (χ1) is 10.4. The van der Waals surface area contributed by atoms with Crippen molar-refractivity contribution in [2.45, 2.75) is 19.4 Å². The van der Waals surface area contributed by atoms with Crippen LogP contribution in [0.4, 0.5) is 0 Å². The summed E-state index contributed by atoms with van der Waals surface area (Å²) in [4.78, 5) is 0. The van der Waals surface area contributed by atoms with Gasteiger partial charge in [-0.05, 0) is 29.9 Å². The minimum atomic E-state index is -3.56. The third-order valence-corrected chi connectivity index (χ3v) is 7.68. The summed E-state index contributed by atoms with van der Waals surface area (Å²) >= 11 is 0. The van der Waals surface area contributed by atoms with E-state index in [1.54, 1.807) is 0 Å². The molecule has 0 bridgehead atoms.